The molecular weight excluding hydrogens is 452 g/mol. The molecule has 0 spiro atoms. The van der Waals surface area contributed by atoms with E-state index in [1.165, 1.54) is 12.0 Å². The molecule has 0 saturated carbocycles. The largest absolute Gasteiger partial charge is 0.494 e. The van der Waals surface area contributed by atoms with Crippen LogP contribution >= 0.6 is 47.8 Å². The fourth-order valence-corrected chi connectivity index (χ4v) is 4.73. The first-order valence-electron chi connectivity index (χ1n) is 6.53. The molecule has 0 atom stereocenters. The highest BCUT2D eigenvalue weighted by molar-refractivity contribution is 9.11. The van der Waals surface area contributed by atoms with Crippen molar-refractivity contribution in [2.75, 3.05) is 40.8 Å². The molecule has 1 aromatic rings. The number of hydrogen-bond acceptors (Lipinski definition) is 3. The van der Waals surface area contributed by atoms with Crippen molar-refractivity contribution >= 4 is 47.8 Å². The Morgan fingerprint density at radius 2 is 1.85 bits per heavy atom. The first kappa shape index (κ1) is 18.4. The monoisotopic (exact) mass is 470 g/mol. The first-order valence-corrected chi connectivity index (χ1v) is 8.91. The van der Waals surface area contributed by atoms with Gasteiger partial charge in [0.1, 0.15) is 5.75 Å². The molecule has 114 valence electrons. The third-order valence-electron chi connectivity index (χ3n) is 2.94. The summed E-state index contributed by atoms with van der Waals surface area (Å²) in [7, 11) is 5.88. The van der Waals surface area contributed by atoms with E-state index in [1.54, 1.807) is 7.11 Å². The van der Waals surface area contributed by atoms with Crippen LogP contribution in [0.2, 0.25) is 0 Å². The van der Waals surface area contributed by atoms with Gasteiger partial charge < -0.3 is 15.0 Å². The molecule has 20 heavy (non-hydrogen) atoms. The first-order chi connectivity index (χ1) is 9.47. The molecule has 0 amide bonds. The van der Waals surface area contributed by atoms with Gasteiger partial charge in [-0.05, 0) is 90.1 Å². The van der Waals surface area contributed by atoms with E-state index >= 15 is 0 Å². The third kappa shape index (κ3) is 5.64. The molecule has 0 aliphatic carbocycles. The molecular formula is C14H21Br3N2O. The second kappa shape index (κ2) is 9.41. The van der Waals surface area contributed by atoms with Crippen molar-refractivity contribution in [3.63, 3.8) is 0 Å². The quantitative estimate of drug-likeness (QED) is 0.577. The second-order valence-electron chi connectivity index (χ2n) is 4.82. The summed E-state index contributed by atoms with van der Waals surface area (Å²) in [6.07, 6.45) is 2.12. The number of ether oxygens (including phenoxy) is 1. The molecule has 1 N–H and O–H groups in total. The van der Waals surface area contributed by atoms with Crippen molar-refractivity contribution in [3.05, 3.63) is 25.0 Å². The summed E-state index contributed by atoms with van der Waals surface area (Å²) in [5, 5.41) is 3.47. The molecule has 3 nitrogen and oxygen atoms in total. The van der Waals surface area contributed by atoms with Crippen molar-refractivity contribution in [2.45, 2.75) is 12.8 Å². The molecule has 0 heterocycles. The minimum absolute atomic E-state index is 0.843. The number of nitrogens with zero attached hydrogens (tertiary/aromatic N) is 1. The summed E-state index contributed by atoms with van der Waals surface area (Å²) < 4.78 is 8.45. The summed E-state index contributed by atoms with van der Waals surface area (Å²) in [5.74, 6) is 0.843. The number of nitrogens with one attached hydrogen (secondary N) is 1. The lowest BCUT2D eigenvalue weighted by Gasteiger charge is -2.14. The third-order valence-corrected chi connectivity index (χ3v) is 5.07. The van der Waals surface area contributed by atoms with Crippen LogP contribution in [0.25, 0.3) is 0 Å². The standard InChI is InChI=1S/C14H21Br3N2O/c1-19(2)8-4-6-18-7-5-10-11(15)9-12(16)14(20-3)13(10)17/h9,18H,4-8H2,1-3H3. The molecule has 6 heteroatoms. The summed E-state index contributed by atoms with van der Waals surface area (Å²) >= 11 is 10.7. The van der Waals surface area contributed by atoms with Crippen molar-refractivity contribution in [1.82, 2.24) is 10.2 Å². The van der Waals surface area contributed by atoms with Gasteiger partial charge in [0.15, 0.2) is 0 Å². The number of rotatable bonds is 8. The van der Waals surface area contributed by atoms with Gasteiger partial charge in [-0.2, -0.15) is 0 Å². The fourth-order valence-electron chi connectivity index (χ4n) is 1.89. The Bertz CT molecular complexity index is 439. The average Bonchev–Trinajstić information content (AvgIpc) is 2.36. The zero-order chi connectivity index (χ0) is 15.1. The van der Waals surface area contributed by atoms with Gasteiger partial charge >= 0.3 is 0 Å². The molecule has 0 fully saturated rings. The van der Waals surface area contributed by atoms with Crippen LogP contribution in [0.4, 0.5) is 0 Å². The minimum atomic E-state index is 0.843. The Morgan fingerprint density at radius 3 is 2.45 bits per heavy atom. The van der Waals surface area contributed by atoms with Gasteiger partial charge in [0.2, 0.25) is 0 Å². The summed E-state index contributed by atoms with van der Waals surface area (Å²) in [4.78, 5) is 2.20. The van der Waals surface area contributed by atoms with Crippen LogP contribution in [0.1, 0.15) is 12.0 Å². The predicted molar refractivity (Wildman–Crippen MR) is 95.8 cm³/mol. The Labute approximate surface area is 146 Å². The highest BCUT2D eigenvalue weighted by Crippen LogP contribution is 2.40. The predicted octanol–water partition coefficient (Wildman–Crippen LogP) is 4.07. The summed E-state index contributed by atoms with van der Waals surface area (Å²) in [6.45, 7) is 3.11. The number of halogens is 3. The highest BCUT2D eigenvalue weighted by Gasteiger charge is 2.14. The lowest BCUT2D eigenvalue weighted by molar-refractivity contribution is 0.394. The molecule has 1 aromatic carbocycles. The molecule has 0 unspecified atom stereocenters. The van der Waals surface area contributed by atoms with E-state index in [0.29, 0.717) is 0 Å². The smallest absolute Gasteiger partial charge is 0.147 e. The van der Waals surface area contributed by atoms with Crippen LogP contribution in [0.15, 0.2) is 19.5 Å². The van der Waals surface area contributed by atoms with E-state index in [0.717, 1.165) is 45.2 Å². The molecule has 0 bridgehead atoms. The van der Waals surface area contributed by atoms with Crippen molar-refractivity contribution < 1.29 is 4.74 Å². The van der Waals surface area contributed by atoms with Gasteiger partial charge in [0.05, 0.1) is 16.1 Å². The zero-order valence-corrected chi connectivity index (χ0v) is 16.9. The second-order valence-corrected chi connectivity index (χ2v) is 7.32. The molecule has 0 aromatic heterocycles. The molecule has 0 aliphatic rings. The maximum absolute atomic E-state index is 5.40. The van der Waals surface area contributed by atoms with Crippen molar-refractivity contribution in [3.8, 4) is 5.75 Å². The minimum Gasteiger partial charge on any atom is -0.494 e. The van der Waals surface area contributed by atoms with E-state index in [2.05, 4.69) is 72.1 Å². The van der Waals surface area contributed by atoms with Crippen molar-refractivity contribution in [1.29, 1.82) is 0 Å². The molecule has 0 saturated heterocycles. The van der Waals surface area contributed by atoms with Crippen LogP contribution in [0, 0.1) is 0 Å². The zero-order valence-electron chi connectivity index (χ0n) is 12.1. The van der Waals surface area contributed by atoms with E-state index in [9.17, 15) is 0 Å². The van der Waals surface area contributed by atoms with Crippen molar-refractivity contribution in [2.24, 2.45) is 0 Å². The van der Waals surface area contributed by atoms with E-state index in [4.69, 9.17) is 4.74 Å². The maximum Gasteiger partial charge on any atom is 0.147 e. The van der Waals surface area contributed by atoms with E-state index in [-0.39, 0.29) is 0 Å². The molecule has 0 radical (unpaired) electrons. The Balaban J connectivity index is 2.52. The molecule has 1 rings (SSSR count). The van der Waals surface area contributed by atoms with Crippen LogP contribution in [-0.4, -0.2) is 45.7 Å². The lowest BCUT2D eigenvalue weighted by atomic mass is 10.1. The van der Waals surface area contributed by atoms with Gasteiger partial charge in [0, 0.05) is 4.47 Å². The van der Waals surface area contributed by atoms with Crippen LogP contribution in [-0.2, 0) is 6.42 Å². The van der Waals surface area contributed by atoms with E-state index in [1.807, 2.05) is 6.07 Å². The normalized spacial score (nSPS) is 11.2. The van der Waals surface area contributed by atoms with Crippen LogP contribution in [0.3, 0.4) is 0 Å². The molecule has 0 aliphatic heterocycles. The SMILES string of the molecule is COc1c(Br)cc(Br)c(CCNCCCN(C)C)c1Br. The summed E-state index contributed by atoms with van der Waals surface area (Å²) in [5.41, 5.74) is 1.23. The number of benzene rings is 1. The van der Waals surface area contributed by atoms with Gasteiger partial charge in [-0.15, -0.1) is 0 Å². The van der Waals surface area contributed by atoms with Crippen LogP contribution in [0.5, 0.6) is 5.75 Å². The Kier molecular flexibility index (Phi) is 8.67. The topological polar surface area (TPSA) is 24.5 Å². The summed E-state index contributed by atoms with van der Waals surface area (Å²) in [6, 6.07) is 2.03. The average molecular weight is 473 g/mol. The van der Waals surface area contributed by atoms with Gasteiger partial charge in [-0.3, -0.25) is 0 Å². The fraction of sp³-hybridized carbons (Fsp3) is 0.571. The highest BCUT2D eigenvalue weighted by atomic mass is 79.9. The lowest BCUT2D eigenvalue weighted by Crippen LogP contribution is -2.23. The van der Waals surface area contributed by atoms with E-state index < -0.39 is 0 Å². The maximum atomic E-state index is 5.40. The van der Waals surface area contributed by atoms with Gasteiger partial charge in [-0.25, -0.2) is 0 Å². The van der Waals surface area contributed by atoms with Crippen LogP contribution < -0.4 is 10.1 Å². The number of methoxy groups -OCH3 is 1. The Morgan fingerprint density at radius 1 is 1.15 bits per heavy atom. The Hall–Kier alpha value is 0.380. The van der Waals surface area contributed by atoms with Gasteiger partial charge in [0.25, 0.3) is 0 Å². The van der Waals surface area contributed by atoms with Gasteiger partial charge in [-0.1, -0.05) is 15.9 Å². The number of hydrogen-bond donors (Lipinski definition) is 1.